The molecule has 1 aromatic carbocycles. The van der Waals surface area contributed by atoms with E-state index < -0.39 is 0 Å². The van der Waals surface area contributed by atoms with Crippen LogP contribution in [0, 0.1) is 18.3 Å². The van der Waals surface area contributed by atoms with Gasteiger partial charge in [0.25, 0.3) is 0 Å². The first-order chi connectivity index (χ1) is 8.76. The minimum Gasteiger partial charge on any atom is -0.486 e. The molecule has 0 radical (unpaired) electrons. The Labute approximate surface area is 106 Å². The molecule has 0 fully saturated rings. The third-order valence-electron chi connectivity index (χ3n) is 2.62. The van der Waals surface area contributed by atoms with Crippen molar-refractivity contribution in [1.82, 2.24) is 4.98 Å². The zero-order chi connectivity index (χ0) is 13.0. The van der Waals surface area contributed by atoms with Crippen molar-refractivity contribution in [3.63, 3.8) is 0 Å². The van der Waals surface area contributed by atoms with E-state index in [0.29, 0.717) is 11.4 Å². The van der Waals surface area contributed by atoms with Crippen LogP contribution in [0.25, 0.3) is 11.1 Å². The van der Waals surface area contributed by atoms with Crippen molar-refractivity contribution < 1.29 is 4.74 Å². The first kappa shape index (κ1) is 11.9. The molecule has 0 saturated heterocycles. The predicted molar refractivity (Wildman–Crippen MR) is 70.8 cm³/mol. The van der Waals surface area contributed by atoms with Crippen LogP contribution >= 0.6 is 0 Å². The molecule has 4 nitrogen and oxygen atoms in total. The molecule has 1 aromatic heterocycles. The highest BCUT2D eigenvalue weighted by Crippen LogP contribution is 2.30. The van der Waals surface area contributed by atoms with E-state index in [9.17, 15) is 5.26 Å². The second kappa shape index (κ2) is 5.19. The third-order valence-corrected chi connectivity index (χ3v) is 2.62. The molecule has 0 bridgehead atoms. The first-order valence-corrected chi connectivity index (χ1v) is 5.50. The van der Waals surface area contributed by atoms with Crippen molar-refractivity contribution in [2.75, 3.05) is 7.11 Å². The maximum atomic E-state index is 9.22. The molecule has 4 heteroatoms. The predicted octanol–water partition coefficient (Wildman–Crippen LogP) is 3.17. The fourth-order valence-corrected chi connectivity index (χ4v) is 1.69. The summed E-state index contributed by atoms with van der Waals surface area (Å²) in [7, 11) is 1.51. The summed E-state index contributed by atoms with van der Waals surface area (Å²) >= 11 is 0. The fourth-order valence-electron chi connectivity index (χ4n) is 1.69. The quantitative estimate of drug-likeness (QED) is 0.660. The maximum absolute atomic E-state index is 9.22. The number of rotatable bonds is 3. The number of ether oxygens (including phenoxy) is 1. The smallest absolute Gasteiger partial charge is 0.175 e. The summed E-state index contributed by atoms with van der Waals surface area (Å²) < 4.78 is 4.75. The van der Waals surface area contributed by atoms with Crippen molar-refractivity contribution in [3.05, 3.63) is 41.6 Å². The molecule has 18 heavy (non-hydrogen) atoms. The van der Waals surface area contributed by atoms with E-state index in [1.807, 2.05) is 31.2 Å². The van der Waals surface area contributed by atoms with E-state index in [1.165, 1.54) is 19.1 Å². The van der Waals surface area contributed by atoms with E-state index in [4.69, 9.17) is 4.74 Å². The number of aromatic amines is 1. The number of aliphatic imine (C=N–C) groups is 1. The van der Waals surface area contributed by atoms with Crippen LogP contribution in [0.15, 0.2) is 35.5 Å². The molecule has 0 aliphatic carbocycles. The van der Waals surface area contributed by atoms with Crippen LogP contribution in [-0.2, 0) is 4.74 Å². The topological polar surface area (TPSA) is 61.2 Å². The standard InChI is InChI=1S/C14H13N3O/c1-10-3-5-11(6-4-10)13-8-16-14(12(13)7-15)17-9-18-2/h3-6,8-9,16H,1-2H3/b17-9+. The summed E-state index contributed by atoms with van der Waals surface area (Å²) in [4.78, 5) is 7.01. The Morgan fingerprint density at radius 3 is 2.67 bits per heavy atom. The number of nitrogens with zero attached hydrogens (tertiary/aromatic N) is 2. The summed E-state index contributed by atoms with van der Waals surface area (Å²) in [5.74, 6) is 0.509. The fraction of sp³-hybridized carbons (Fsp3) is 0.143. The van der Waals surface area contributed by atoms with Crippen LogP contribution in [0.4, 0.5) is 5.82 Å². The molecule has 1 heterocycles. The number of nitrogens with one attached hydrogen (secondary N) is 1. The largest absolute Gasteiger partial charge is 0.486 e. The minimum absolute atomic E-state index is 0.509. The Morgan fingerprint density at radius 2 is 2.06 bits per heavy atom. The Hall–Kier alpha value is -2.54. The van der Waals surface area contributed by atoms with Crippen molar-refractivity contribution in [2.45, 2.75) is 6.92 Å². The molecule has 0 spiro atoms. The van der Waals surface area contributed by atoms with Gasteiger partial charge in [-0.15, -0.1) is 0 Å². The number of aryl methyl sites for hydroxylation is 1. The van der Waals surface area contributed by atoms with Gasteiger partial charge < -0.3 is 9.72 Å². The van der Waals surface area contributed by atoms with E-state index in [0.717, 1.165) is 11.1 Å². The Morgan fingerprint density at radius 1 is 1.33 bits per heavy atom. The average Bonchev–Trinajstić information content (AvgIpc) is 2.80. The summed E-state index contributed by atoms with van der Waals surface area (Å²) in [6, 6.07) is 10.2. The van der Waals surface area contributed by atoms with Crippen LogP contribution in [0.2, 0.25) is 0 Å². The molecule has 90 valence electrons. The van der Waals surface area contributed by atoms with Crippen LogP contribution in [0.1, 0.15) is 11.1 Å². The molecule has 0 saturated carbocycles. The molecule has 2 aromatic rings. The SMILES string of the molecule is CO/C=N/c1[nH]cc(-c2ccc(C)cc2)c1C#N. The minimum atomic E-state index is 0.509. The van der Waals surface area contributed by atoms with Crippen molar-refractivity contribution in [2.24, 2.45) is 4.99 Å². The number of benzene rings is 1. The van der Waals surface area contributed by atoms with E-state index >= 15 is 0 Å². The number of methoxy groups -OCH3 is 1. The van der Waals surface area contributed by atoms with Gasteiger partial charge in [0.05, 0.1) is 7.11 Å². The van der Waals surface area contributed by atoms with E-state index in [1.54, 1.807) is 6.20 Å². The monoisotopic (exact) mass is 239 g/mol. The lowest BCUT2D eigenvalue weighted by Gasteiger charge is -1.99. The summed E-state index contributed by atoms with van der Waals surface area (Å²) in [5.41, 5.74) is 3.55. The molecule has 0 atom stereocenters. The highest BCUT2D eigenvalue weighted by Gasteiger charge is 2.11. The zero-order valence-electron chi connectivity index (χ0n) is 10.3. The van der Waals surface area contributed by atoms with Gasteiger partial charge in [-0.1, -0.05) is 29.8 Å². The highest BCUT2D eigenvalue weighted by atomic mass is 16.5. The van der Waals surface area contributed by atoms with Gasteiger partial charge in [-0.2, -0.15) is 5.26 Å². The van der Waals surface area contributed by atoms with Crippen LogP contribution in [0.3, 0.4) is 0 Å². The summed E-state index contributed by atoms with van der Waals surface area (Å²) in [6.07, 6.45) is 3.08. The van der Waals surface area contributed by atoms with Crippen molar-refractivity contribution >= 4 is 12.2 Å². The van der Waals surface area contributed by atoms with Crippen molar-refractivity contribution in [1.29, 1.82) is 5.26 Å². The second-order valence-corrected chi connectivity index (χ2v) is 3.87. The highest BCUT2D eigenvalue weighted by molar-refractivity contribution is 5.77. The van der Waals surface area contributed by atoms with Crippen LogP contribution in [0.5, 0.6) is 0 Å². The van der Waals surface area contributed by atoms with Crippen LogP contribution in [-0.4, -0.2) is 18.5 Å². The van der Waals surface area contributed by atoms with Gasteiger partial charge in [-0.3, -0.25) is 0 Å². The lowest BCUT2D eigenvalue weighted by atomic mass is 10.0. The first-order valence-electron chi connectivity index (χ1n) is 5.50. The number of H-pyrrole nitrogens is 1. The Bertz CT molecular complexity index is 603. The zero-order valence-corrected chi connectivity index (χ0v) is 10.3. The van der Waals surface area contributed by atoms with Crippen LogP contribution < -0.4 is 0 Å². The summed E-state index contributed by atoms with van der Waals surface area (Å²) in [6.45, 7) is 2.03. The van der Waals surface area contributed by atoms with Gasteiger partial charge in [-0.05, 0) is 12.5 Å². The molecule has 0 amide bonds. The van der Waals surface area contributed by atoms with Gasteiger partial charge in [0.2, 0.25) is 0 Å². The van der Waals surface area contributed by atoms with Gasteiger partial charge in [0.1, 0.15) is 11.6 Å². The molecule has 0 aliphatic rings. The molecule has 0 unspecified atom stereocenters. The lowest BCUT2D eigenvalue weighted by molar-refractivity contribution is 0.423. The number of hydrogen-bond acceptors (Lipinski definition) is 3. The van der Waals surface area contributed by atoms with Gasteiger partial charge >= 0.3 is 0 Å². The molecule has 2 rings (SSSR count). The van der Waals surface area contributed by atoms with Gasteiger partial charge in [-0.25, -0.2) is 4.99 Å². The normalized spacial score (nSPS) is 10.5. The van der Waals surface area contributed by atoms with Gasteiger partial charge in [0.15, 0.2) is 12.2 Å². The second-order valence-electron chi connectivity index (χ2n) is 3.87. The molecular weight excluding hydrogens is 226 g/mol. The maximum Gasteiger partial charge on any atom is 0.175 e. The Kier molecular flexibility index (Phi) is 3.44. The molecule has 0 aliphatic heterocycles. The molecule has 1 N–H and O–H groups in total. The third kappa shape index (κ3) is 2.25. The van der Waals surface area contributed by atoms with E-state index in [2.05, 4.69) is 16.0 Å². The van der Waals surface area contributed by atoms with E-state index in [-0.39, 0.29) is 0 Å². The Balaban J connectivity index is 2.46. The average molecular weight is 239 g/mol. The lowest BCUT2D eigenvalue weighted by Crippen LogP contribution is -1.81. The van der Waals surface area contributed by atoms with Gasteiger partial charge in [0, 0.05) is 11.8 Å². The van der Waals surface area contributed by atoms with Crippen molar-refractivity contribution in [3.8, 4) is 17.2 Å². The molecular formula is C14H13N3O. The summed E-state index contributed by atoms with van der Waals surface area (Å²) in [5, 5.41) is 9.22. The number of nitriles is 1. The number of hydrogen-bond donors (Lipinski definition) is 1. The number of aromatic nitrogens is 1.